The van der Waals surface area contributed by atoms with Gasteiger partial charge in [0, 0.05) is 31.2 Å². The molecule has 0 radical (unpaired) electrons. The van der Waals surface area contributed by atoms with Gasteiger partial charge >= 0.3 is 5.97 Å². The number of carbonyl (C=O) groups excluding carboxylic acids is 2. The van der Waals surface area contributed by atoms with E-state index in [0.717, 1.165) is 18.4 Å². The molecule has 1 atom stereocenters. The average molecular weight is 347 g/mol. The van der Waals surface area contributed by atoms with Crippen LogP contribution in [0.15, 0.2) is 18.2 Å². The van der Waals surface area contributed by atoms with E-state index >= 15 is 0 Å². The molecule has 3 rings (SSSR count). The molecule has 1 fully saturated rings. The predicted molar refractivity (Wildman–Crippen MR) is 91.4 cm³/mol. The van der Waals surface area contributed by atoms with E-state index in [1.807, 2.05) is 17.9 Å². The monoisotopic (exact) mass is 347 g/mol. The van der Waals surface area contributed by atoms with Crippen molar-refractivity contribution < 1.29 is 23.8 Å². The quantitative estimate of drug-likeness (QED) is 0.786. The molecule has 1 saturated heterocycles. The van der Waals surface area contributed by atoms with E-state index in [1.165, 1.54) is 0 Å². The molecule has 0 spiro atoms. The van der Waals surface area contributed by atoms with Crippen molar-refractivity contribution in [1.29, 1.82) is 0 Å². The molecule has 0 aliphatic carbocycles. The van der Waals surface area contributed by atoms with Gasteiger partial charge in [-0.25, -0.2) is 4.79 Å². The maximum Gasteiger partial charge on any atom is 0.338 e. The Balaban J connectivity index is 1.79. The molecule has 136 valence electrons. The predicted octanol–water partition coefficient (Wildman–Crippen LogP) is 2.40. The lowest BCUT2D eigenvalue weighted by Crippen LogP contribution is -2.41. The van der Waals surface area contributed by atoms with Crippen LogP contribution in [0.25, 0.3) is 0 Å². The molecule has 0 N–H and O–H groups in total. The highest BCUT2D eigenvalue weighted by atomic mass is 16.5. The Morgan fingerprint density at radius 1 is 1.28 bits per heavy atom. The van der Waals surface area contributed by atoms with Crippen molar-refractivity contribution in [3.8, 4) is 5.75 Å². The summed E-state index contributed by atoms with van der Waals surface area (Å²) < 4.78 is 16.4. The third-order valence-electron chi connectivity index (χ3n) is 4.63. The van der Waals surface area contributed by atoms with Gasteiger partial charge in [-0.15, -0.1) is 0 Å². The van der Waals surface area contributed by atoms with Crippen LogP contribution in [0, 0.1) is 5.92 Å². The lowest BCUT2D eigenvalue weighted by Gasteiger charge is -2.29. The van der Waals surface area contributed by atoms with Gasteiger partial charge in [-0.3, -0.25) is 4.79 Å². The smallest absolute Gasteiger partial charge is 0.338 e. The molecule has 0 saturated carbocycles. The van der Waals surface area contributed by atoms with Crippen LogP contribution in [0.2, 0.25) is 0 Å². The highest BCUT2D eigenvalue weighted by molar-refractivity contribution is 5.90. The summed E-state index contributed by atoms with van der Waals surface area (Å²) in [4.78, 5) is 26.7. The van der Waals surface area contributed by atoms with Gasteiger partial charge in [0.1, 0.15) is 11.9 Å². The van der Waals surface area contributed by atoms with E-state index in [2.05, 4.69) is 0 Å². The molecule has 1 aromatic rings. The summed E-state index contributed by atoms with van der Waals surface area (Å²) in [6.45, 7) is 6.39. The molecular formula is C19H25NO5. The minimum Gasteiger partial charge on any atom is -0.488 e. The standard InChI is InChI=1S/C19H25NO5/c1-3-24-19(22)15-4-5-16-12-20(11-13(2)25-17(16)10-15)18(21)14-6-8-23-9-7-14/h4-5,10,13-14H,3,6-9,11-12H2,1-2H3. The molecule has 1 unspecified atom stereocenters. The number of amides is 1. The largest absolute Gasteiger partial charge is 0.488 e. The fourth-order valence-electron chi connectivity index (χ4n) is 3.34. The summed E-state index contributed by atoms with van der Waals surface area (Å²) in [5.74, 6) is 0.489. The fraction of sp³-hybridized carbons (Fsp3) is 0.579. The van der Waals surface area contributed by atoms with Crippen molar-refractivity contribution in [3.63, 3.8) is 0 Å². The van der Waals surface area contributed by atoms with Gasteiger partial charge < -0.3 is 19.1 Å². The lowest BCUT2D eigenvalue weighted by molar-refractivity contribution is -0.139. The Kier molecular flexibility index (Phi) is 5.58. The van der Waals surface area contributed by atoms with Crippen LogP contribution in [0.4, 0.5) is 0 Å². The van der Waals surface area contributed by atoms with Crippen molar-refractivity contribution in [2.45, 2.75) is 39.3 Å². The van der Waals surface area contributed by atoms with E-state index in [1.54, 1.807) is 19.1 Å². The molecule has 2 aliphatic rings. The average Bonchev–Trinajstić information content (AvgIpc) is 2.79. The molecule has 0 bridgehead atoms. The van der Waals surface area contributed by atoms with Gasteiger partial charge in [0.25, 0.3) is 0 Å². The SMILES string of the molecule is CCOC(=O)c1ccc2c(c1)OC(C)CN(C(=O)C1CCOCC1)C2. The van der Waals surface area contributed by atoms with Crippen LogP contribution in [0.1, 0.15) is 42.6 Å². The van der Waals surface area contributed by atoms with Gasteiger partial charge in [0.2, 0.25) is 5.91 Å². The fourth-order valence-corrected chi connectivity index (χ4v) is 3.34. The zero-order valence-electron chi connectivity index (χ0n) is 14.8. The molecule has 1 aromatic carbocycles. The van der Waals surface area contributed by atoms with Crippen LogP contribution in [0.3, 0.4) is 0 Å². The first-order chi connectivity index (χ1) is 12.1. The highest BCUT2D eigenvalue weighted by Crippen LogP contribution is 2.29. The Morgan fingerprint density at radius 3 is 2.76 bits per heavy atom. The number of benzene rings is 1. The van der Waals surface area contributed by atoms with Crippen LogP contribution < -0.4 is 4.74 Å². The Bertz CT molecular complexity index is 639. The second-order valence-electron chi connectivity index (χ2n) is 6.58. The van der Waals surface area contributed by atoms with Crippen LogP contribution in [-0.2, 0) is 20.8 Å². The zero-order valence-corrected chi connectivity index (χ0v) is 14.8. The van der Waals surface area contributed by atoms with Crippen LogP contribution in [0.5, 0.6) is 5.75 Å². The number of fused-ring (bicyclic) bond motifs is 1. The third-order valence-corrected chi connectivity index (χ3v) is 4.63. The number of nitrogens with zero attached hydrogens (tertiary/aromatic N) is 1. The van der Waals surface area contributed by atoms with E-state index in [4.69, 9.17) is 14.2 Å². The Hall–Kier alpha value is -2.08. The number of hydrogen-bond donors (Lipinski definition) is 0. The first kappa shape index (κ1) is 17.7. The topological polar surface area (TPSA) is 65.1 Å². The summed E-state index contributed by atoms with van der Waals surface area (Å²) >= 11 is 0. The summed E-state index contributed by atoms with van der Waals surface area (Å²) in [7, 11) is 0. The lowest BCUT2D eigenvalue weighted by atomic mass is 9.98. The van der Waals surface area contributed by atoms with E-state index < -0.39 is 0 Å². The number of rotatable bonds is 3. The van der Waals surface area contributed by atoms with Crippen molar-refractivity contribution in [1.82, 2.24) is 4.90 Å². The van der Waals surface area contributed by atoms with Gasteiger partial charge in [-0.2, -0.15) is 0 Å². The minimum absolute atomic E-state index is 0.0290. The molecule has 25 heavy (non-hydrogen) atoms. The van der Waals surface area contributed by atoms with Crippen molar-refractivity contribution in [2.24, 2.45) is 5.92 Å². The highest BCUT2D eigenvalue weighted by Gasteiger charge is 2.30. The second-order valence-corrected chi connectivity index (χ2v) is 6.58. The first-order valence-electron chi connectivity index (χ1n) is 8.91. The summed E-state index contributed by atoms with van der Waals surface area (Å²) in [6.07, 6.45) is 1.42. The van der Waals surface area contributed by atoms with Crippen LogP contribution >= 0.6 is 0 Å². The maximum atomic E-state index is 12.9. The van der Waals surface area contributed by atoms with Crippen LogP contribution in [-0.4, -0.2) is 49.2 Å². The van der Waals surface area contributed by atoms with E-state index in [9.17, 15) is 9.59 Å². The Morgan fingerprint density at radius 2 is 2.04 bits per heavy atom. The van der Waals surface area contributed by atoms with Gasteiger partial charge in [0.15, 0.2) is 0 Å². The summed E-state index contributed by atoms with van der Waals surface area (Å²) in [5, 5.41) is 0. The second kappa shape index (κ2) is 7.87. The molecule has 2 heterocycles. The minimum atomic E-state index is -0.360. The summed E-state index contributed by atoms with van der Waals surface area (Å²) in [5.41, 5.74) is 1.38. The van der Waals surface area contributed by atoms with Gasteiger partial charge in [0.05, 0.1) is 18.7 Å². The first-order valence-corrected chi connectivity index (χ1v) is 8.91. The molecule has 6 heteroatoms. The number of carbonyl (C=O) groups is 2. The maximum absolute atomic E-state index is 12.9. The van der Waals surface area contributed by atoms with Crippen molar-refractivity contribution in [3.05, 3.63) is 29.3 Å². The Labute approximate surface area is 148 Å². The van der Waals surface area contributed by atoms with Gasteiger partial charge in [-0.05, 0) is 38.8 Å². The number of esters is 1. The van der Waals surface area contributed by atoms with Crippen molar-refractivity contribution in [2.75, 3.05) is 26.4 Å². The zero-order chi connectivity index (χ0) is 17.8. The molecule has 0 aromatic heterocycles. The van der Waals surface area contributed by atoms with Gasteiger partial charge in [-0.1, -0.05) is 6.07 Å². The molecular weight excluding hydrogens is 322 g/mol. The van der Waals surface area contributed by atoms with E-state index in [0.29, 0.717) is 44.2 Å². The molecule has 2 aliphatic heterocycles. The normalized spacial score (nSPS) is 21.0. The van der Waals surface area contributed by atoms with Crippen molar-refractivity contribution >= 4 is 11.9 Å². The third kappa shape index (κ3) is 4.12. The number of hydrogen-bond acceptors (Lipinski definition) is 5. The molecule has 6 nitrogen and oxygen atoms in total. The summed E-state index contributed by atoms with van der Waals surface area (Å²) in [6, 6.07) is 5.30. The molecule has 1 amide bonds. The number of ether oxygens (including phenoxy) is 3. The van der Waals surface area contributed by atoms with E-state index in [-0.39, 0.29) is 23.9 Å².